The van der Waals surface area contributed by atoms with Gasteiger partial charge in [0.05, 0.1) is 5.69 Å². The lowest BCUT2D eigenvalue weighted by atomic mass is 10.2. The number of hydrogen-bond acceptors (Lipinski definition) is 3. The largest absolute Gasteiger partial charge is 0.462 e. The molecular formula is C15H12N2O2. The summed E-state index contributed by atoms with van der Waals surface area (Å²) in [5.41, 5.74) is 8.19. The number of anilines is 2. The van der Waals surface area contributed by atoms with E-state index in [0.29, 0.717) is 16.9 Å². The van der Waals surface area contributed by atoms with Crippen molar-refractivity contribution >= 4 is 28.3 Å². The van der Waals surface area contributed by atoms with Crippen LogP contribution in [0.3, 0.4) is 0 Å². The highest BCUT2D eigenvalue weighted by atomic mass is 16.3. The van der Waals surface area contributed by atoms with Gasteiger partial charge in [-0.3, -0.25) is 4.79 Å². The quantitative estimate of drug-likeness (QED) is 0.688. The van der Waals surface area contributed by atoms with Crippen molar-refractivity contribution in [2.45, 2.75) is 0 Å². The second-order valence-corrected chi connectivity index (χ2v) is 4.22. The molecule has 0 bridgehead atoms. The molecule has 19 heavy (non-hydrogen) atoms. The van der Waals surface area contributed by atoms with E-state index in [2.05, 4.69) is 5.32 Å². The molecule has 4 heteroatoms. The van der Waals surface area contributed by atoms with Crippen molar-refractivity contribution in [2.24, 2.45) is 0 Å². The van der Waals surface area contributed by atoms with Crippen molar-refractivity contribution < 1.29 is 9.21 Å². The van der Waals surface area contributed by atoms with Gasteiger partial charge < -0.3 is 15.5 Å². The van der Waals surface area contributed by atoms with Gasteiger partial charge in [-0.15, -0.1) is 0 Å². The minimum absolute atomic E-state index is 0.188. The molecule has 3 N–H and O–H groups in total. The molecule has 0 aliphatic carbocycles. The molecule has 0 radical (unpaired) electrons. The molecule has 0 spiro atoms. The van der Waals surface area contributed by atoms with Gasteiger partial charge in [-0.2, -0.15) is 0 Å². The number of nitrogens with two attached hydrogens (primary N) is 1. The van der Waals surface area contributed by atoms with Gasteiger partial charge in [0.1, 0.15) is 11.8 Å². The lowest BCUT2D eigenvalue weighted by Gasteiger charge is -2.03. The molecule has 0 atom stereocenters. The van der Waals surface area contributed by atoms with E-state index in [0.717, 1.165) is 11.0 Å². The van der Waals surface area contributed by atoms with Crippen LogP contribution in [0.4, 0.5) is 11.4 Å². The molecular weight excluding hydrogens is 240 g/mol. The molecule has 0 saturated heterocycles. The van der Waals surface area contributed by atoms with Crippen LogP contribution in [-0.4, -0.2) is 5.91 Å². The predicted molar refractivity (Wildman–Crippen MR) is 75.0 cm³/mol. The molecule has 3 rings (SSSR count). The minimum Gasteiger partial charge on any atom is -0.462 e. The number of nitrogen functional groups attached to an aromatic ring is 1. The minimum atomic E-state index is -0.188. The van der Waals surface area contributed by atoms with Gasteiger partial charge >= 0.3 is 0 Å². The van der Waals surface area contributed by atoms with Gasteiger partial charge in [0.2, 0.25) is 0 Å². The standard InChI is InChI=1S/C15H12N2O2/c16-11-7-5-10(6-8-11)15(18)17-13-9-19-14-4-2-1-3-12(13)14/h1-9H,16H2,(H,17,18). The van der Waals surface area contributed by atoms with Gasteiger partial charge in [-0.1, -0.05) is 12.1 Å². The molecule has 1 heterocycles. The van der Waals surface area contributed by atoms with E-state index < -0.39 is 0 Å². The molecule has 1 aromatic heterocycles. The average Bonchev–Trinajstić information content (AvgIpc) is 2.83. The fourth-order valence-electron chi connectivity index (χ4n) is 1.90. The second kappa shape index (κ2) is 4.49. The summed E-state index contributed by atoms with van der Waals surface area (Å²) in [6.45, 7) is 0. The van der Waals surface area contributed by atoms with E-state index in [-0.39, 0.29) is 5.91 Å². The summed E-state index contributed by atoms with van der Waals surface area (Å²) in [6.07, 6.45) is 1.54. The highest BCUT2D eigenvalue weighted by Gasteiger charge is 2.10. The molecule has 4 nitrogen and oxygen atoms in total. The molecule has 0 fully saturated rings. The first-order valence-electron chi connectivity index (χ1n) is 5.87. The molecule has 1 amide bonds. The van der Waals surface area contributed by atoms with Crippen LogP contribution in [0.25, 0.3) is 11.0 Å². The molecule has 3 aromatic rings. The normalized spacial score (nSPS) is 10.5. The van der Waals surface area contributed by atoms with Gasteiger partial charge in [0.25, 0.3) is 5.91 Å². The van der Waals surface area contributed by atoms with Crippen LogP contribution in [0, 0.1) is 0 Å². The summed E-state index contributed by atoms with van der Waals surface area (Å²) < 4.78 is 5.37. The molecule has 0 unspecified atom stereocenters. The van der Waals surface area contributed by atoms with Gasteiger partial charge in [-0.05, 0) is 36.4 Å². The summed E-state index contributed by atoms with van der Waals surface area (Å²) in [4.78, 5) is 12.1. The maximum atomic E-state index is 12.1. The van der Waals surface area contributed by atoms with Crippen molar-refractivity contribution in [1.29, 1.82) is 0 Å². The van der Waals surface area contributed by atoms with Crippen molar-refractivity contribution in [1.82, 2.24) is 0 Å². The number of nitrogens with one attached hydrogen (secondary N) is 1. The van der Waals surface area contributed by atoms with Crippen molar-refractivity contribution in [2.75, 3.05) is 11.1 Å². The summed E-state index contributed by atoms with van der Waals surface area (Å²) in [6, 6.07) is 14.3. The number of fused-ring (bicyclic) bond motifs is 1. The molecule has 0 aliphatic rings. The highest BCUT2D eigenvalue weighted by molar-refractivity contribution is 6.08. The van der Waals surface area contributed by atoms with Gasteiger partial charge in [0, 0.05) is 16.6 Å². The Bertz CT molecular complexity index is 729. The molecule has 94 valence electrons. The van der Waals surface area contributed by atoms with E-state index in [4.69, 9.17) is 10.2 Å². The van der Waals surface area contributed by atoms with E-state index >= 15 is 0 Å². The monoisotopic (exact) mass is 252 g/mol. The lowest BCUT2D eigenvalue weighted by Crippen LogP contribution is -2.11. The summed E-state index contributed by atoms with van der Waals surface area (Å²) in [7, 11) is 0. The number of amides is 1. The van der Waals surface area contributed by atoms with Crippen molar-refractivity contribution in [3.63, 3.8) is 0 Å². The Kier molecular flexibility index (Phi) is 2.68. The number of furan rings is 1. The zero-order valence-electron chi connectivity index (χ0n) is 10.1. The fraction of sp³-hybridized carbons (Fsp3) is 0. The predicted octanol–water partition coefficient (Wildman–Crippen LogP) is 3.27. The van der Waals surface area contributed by atoms with E-state index in [1.54, 1.807) is 30.5 Å². The SMILES string of the molecule is Nc1ccc(C(=O)Nc2coc3ccccc23)cc1. The zero-order valence-corrected chi connectivity index (χ0v) is 10.1. The van der Waals surface area contributed by atoms with Crippen LogP contribution < -0.4 is 11.1 Å². The Morgan fingerprint density at radius 2 is 1.79 bits per heavy atom. The Labute approximate surface area is 109 Å². The smallest absolute Gasteiger partial charge is 0.255 e. The second-order valence-electron chi connectivity index (χ2n) is 4.22. The molecule has 2 aromatic carbocycles. The number of rotatable bonds is 2. The van der Waals surface area contributed by atoms with Crippen LogP contribution in [0.15, 0.2) is 59.2 Å². The van der Waals surface area contributed by atoms with Crippen LogP contribution in [0.5, 0.6) is 0 Å². The number of carbonyl (C=O) groups excluding carboxylic acids is 1. The van der Waals surface area contributed by atoms with Crippen molar-refractivity contribution in [3.05, 3.63) is 60.4 Å². The maximum absolute atomic E-state index is 12.1. The van der Waals surface area contributed by atoms with E-state index in [1.165, 1.54) is 0 Å². The van der Waals surface area contributed by atoms with E-state index in [9.17, 15) is 4.79 Å². The zero-order chi connectivity index (χ0) is 13.2. The summed E-state index contributed by atoms with van der Waals surface area (Å²) >= 11 is 0. The number of hydrogen-bond donors (Lipinski definition) is 2. The fourth-order valence-corrected chi connectivity index (χ4v) is 1.90. The first-order valence-corrected chi connectivity index (χ1v) is 5.87. The van der Waals surface area contributed by atoms with Crippen molar-refractivity contribution in [3.8, 4) is 0 Å². The Balaban J connectivity index is 1.89. The average molecular weight is 252 g/mol. The highest BCUT2D eigenvalue weighted by Crippen LogP contribution is 2.25. The van der Waals surface area contributed by atoms with Crippen LogP contribution in [0.1, 0.15) is 10.4 Å². The number of carbonyl (C=O) groups is 1. The first-order chi connectivity index (χ1) is 9.24. The number of benzene rings is 2. The van der Waals surface area contributed by atoms with Crippen LogP contribution >= 0.6 is 0 Å². The third kappa shape index (κ3) is 2.15. The van der Waals surface area contributed by atoms with Gasteiger partial charge in [-0.25, -0.2) is 0 Å². The maximum Gasteiger partial charge on any atom is 0.255 e. The number of para-hydroxylation sites is 1. The third-order valence-corrected chi connectivity index (χ3v) is 2.90. The van der Waals surface area contributed by atoms with Gasteiger partial charge in [0.15, 0.2) is 0 Å². The first kappa shape index (κ1) is 11.3. The summed E-state index contributed by atoms with van der Waals surface area (Å²) in [5.74, 6) is -0.188. The Hall–Kier alpha value is -2.75. The third-order valence-electron chi connectivity index (χ3n) is 2.90. The topological polar surface area (TPSA) is 68.3 Å². The Morgan fingerprint density at radius 3 is 2.58 bits per heavy atom. The van der Waals surface area contributed by atoms with E-state index in [1.807, 2.05) is 24.3 Å². The van der Waals surface area contributed by atoms with Crippen LogP contribution in [0.2, 0.25) is 0 Å². The Morgan fingerprint density at radius 1 is 1.05 bits per heavy atom. The van der Waals surface area contributed by atoms with Crippen LogP contribution in [-0.2, 0) is 0 Å². The molecule has 0 aliphatic heterocycles. The lowest BCUT2D eigenvalue weighted by molar-refractivity contribution is 0.102. The summed E-state index contributed by atoms with van der Waals surface area (Å²) in [5, 5.41) is 3.71. The molecule has 0 saturated carbocycles.